The van der Waals surface area contributed by atoms with Crippen molar-refractivity contribution in [2.75, 3.05) is 20.6 Å². The number of amides is 1. The van der Waals surface area contributed by atoms with Gasteiger partial charge in [0.25, 0.3) is 5.91 Å². The number of likely N-dealkylation sites (N-methyl/N-ethyl adjacent to an activating group) is 1. The zero-order chi connectivity index (χ0) is 17.0. The number of halogens is 3. The summed E-state index contributed by atoms with van der Waals surface area (Å²) in [5.74, 6) is -0.788. The van der Waals surface area contributed by atoms with Crippen LogP contribution in [0.1, 0.15) is 22.0 Å². The molecule has 0 saturated heterocycles. The molecule has 1 amide bonds. The van der Waals surface area contributed by atoms with Gasteiger partial charge in [0.05, 0.1) is 6.04 Å². The first-order valence-corrected chi connectivity index (χ1v) is 8.20. The van der Waals surface area contributed by atoms with E-state index in [1.54, 1.807) is 6.07 Å². The van der Waals surface area contributed by atoms with E-state index in [-0.39, 0.29) is 17.5 Å². The maximum atomic E-state index is 13.4. The Labute approximate surface area is 148 Å². The van der Waals surface area contributed by atoms with Crippen LogP contribution < -0.4 is 5.32 Å². The minimum atomic E-state index is -0.459. The minimum absolute atomic E-state index is 0.0790. The van der Waals surface area contributed by atoms with Gasteiger partial charge in [0.2, 0.25) is 0 Å². The van der Waals surface area contributed by atoms with E-state index >= 15 is 0 Å². The highest BCUT2D eigenvalue weighted by molar-refractivity contribution is 9.10. The summed E-state index contributed by atoms with van der Waals surface area (Å²) in [5, 5.41) is 3.48. The molecule has 1 unspecified atom stereocenters. The third-order valence-corrected chi connectivity index (χ3v) is 4.27. The fourth-order valence-electron chi connectivity index (χ4n) is 2.29. The van der Waals surface area contributed by atoms with Crippen LogP contribution in [0.3, 0.4) is 0 Å². The second-order valence-corrected chi connectivity index (χ2v) is 6.69. The second kappa shape index (κ2) is 7.90. The van der Waals surface area contributed by atoms with Crippen molar-refractivity contribution in [1.29, 1.82) is 0 Å². The summed E-state index contributed by atoms with van der Waals surface area (Å²) in [6.07, 6.45) is 0. The van der Waals surface area contributed by atoms with Gasteiger partial charge in [-0.15, -0.1) is 0 Å². The number of hydrogen-bond acceptors (Lipinski definition) is 2. The molecule has 1 atom stereocenters. The molecule has 2 rings (SSSR count). The van der Waals surface area contributed by atoms with Gasteiger partial charge in [-0.3, -0.25) is 4.79 Å². The minimum Gasteiger partial charge on any atom is -0.350 e. The maximum absolute atomic E-state index is 13.4. The fraction of sp³-hybridized carbons (Fsp3) is 0.235. The van der Waals surface area contributed by atoms with Gasteiger partial charge in [0.1, 0.15) is 5.82 Å². The molecule has 6 heteroatoms. The number of carbonyl (C=O) groups excluding carboxylic acids is 1. The Bertz CT molecular complexity index is 688. The van der Waals surface area contributed by atoms with E-state index in [0.717, 1.165) is 5.56 Å². The molecule has 0 heterocycles. The maximum Gasteiger partial charge on any atom is 0.251 e. The molecular weight excluding hydrogens is 383 g/mol. The molecule has 2 aromatic carbocycles. The largest absolute Gasteiger partial charge is 0.350 e. The Morgan fingerprint density at radius 2 is 2.00 bits per heavy atom. The molecule has 0 radical (unpaired) electrons. The first kappa shape index (κ1) is 17.9. The molecule has 122 valence electrons. The Hall–Kier alpha value is -1.43. The Morgan fingerprint density at radius 1 is 1.30 bits per heavy atom. The lowest BCUT2D eigenvalue weighted by molar-refractivity contribution is 0.0941. The molecule has 1 N–H and O–H groups in total. The van der Waals surface area contributed by atoms with Crippen LogP contribution in [0.4, 0.5) is 4.39 Å². The number of rotatable bonds is 5. The molecule has 0 aliphatic carbocycles. The predicted molar refractivity (Wildman–Crippen MR) is 94.3 cm³/mol. The lowest BCUT2D eigenvalue weighted by Crippen LogP contribution is -2.34. The first-order valence-electron chi connectivity index (χ1n) is 7.03. The molecule has 0 aromatic heterocycles. The Balaban J connectivity index is 2.13. The van der Waals surface area contributed by atoms with E-state index in [4.69, 9.17) is 11.6 Å². The quantitative estimate of drug-likeness (QED) is 0.814. The molecule has 0 fully saturated rings. The Kier molecular flexibility index (Phi) is 6.16. The molecule has 23 heavy (non-hydrogen) atoms. The number of nitrogens with zero attached hydrogens (tertiary/aromatic N) is 1. The Morgan fingerprint density at radius 3 is 2.61 bits per heavy atom. The summed E-state index contributed by atoms with van der Waals surface area (Å²) < 4.78 is 13.9. The van der Waals surface area contributed by atoms with Gasteiger partial charge in [-0.25, -0.2) is 4.39 Å². The van der Waals surface area contributed by atoms with Crippen molar-refractivity contribution in [2.24, 2.45) is 0 Å². The van der Waals surface area contributed by atoms with Crippen LogP contribution in [0.25, 0.3) is 0 Å². The predicted octanol–water partition coefficient (Wildman–Crippen LogP) is 4.27. The molecule has 3 nitrogen and oxygen atoms in total. The molecule has 0 spiro atoms. The van der Waals surface area contributed by atoms with Gasteiger partial charge in [-0.05, 0) is 43.9 Å². The molecule has 2 aromatic rings. The van der Waals surface area contributed by atoms with E-state index in [0.29, 0.717) is 16.0 Å². The van der Waals surface area contributed by atoms with Gasteiger partial charge in [0, 0.05) is 21.6 Å². The first-order chi connectivity index (χ1) is 10.9. The third-order valence-electron chi connectivity index (χ3n) is 3.47. The van der Waals surface area contributed by atoms with E-state index in [9.17, 15) is 9.18 Å². The van der Waals surface area contributed by atoms with Crippen molar-refractivity contribution in [3.05, 3.63) is 68.9 Å². The summed E-state index contributed by atoms with van der Waals surface area (Å²) in [5.41, 5.74) is 1.20. The van der Waals surface area contributed by atoms with Gasteiger partial charge >= 0.3 is 0 Å². The van der Waals surface area contributed by atoms with Gasteiger partial charge in [-0.2, -0.15) is 0 Å². The second-order valence-electron chi connectivity index (χ2n) is 5.37. The van der Waals surface area contributed by atoms with E-state index in [1.807, 2.05) is 43.3 Å². The van der Waals surface area contributed by atoms with E-state index in [1.165, 1.54) is 12.1 Å². The highest BCUT2D eigenvalue weighted by atomic mass is 79.9. The van der Waals surface area contributed by atoms with Crippen LogP contribution in [0.2, 0.25) is 5.02 Å². The lowest BCUT2D eigenvalue weighted by atomic mass is 10.1. The average molecular weight is 400 g/mol. The van der Waals surface area contributed by atoms with Crippen LogP contribution in [0.15, 0.2) is 46.9 Å². The number of benzene rings is 2. The van der Waals surface area contributed by atoms with Crippen LogP contribution in [0, 0.1) is 5.82 Å². The van der Waals surface area contributed by atoms with Crippen molar-refractivity contribution in [2.45, 2.75) is 6.04 Å². The van der Waals surface area contributed by atoms with Crippen LogP contribution >= 0.6 is 27.5 Å². The number of nitrogens with one attached hydrogen (secondary N) is 1. The summed E-state index contributed by atoms with van der Waals surface area (Å²) in [6.45, 7) is 0.365. The topological polar surface area (TPSA) is 32.3 Å². The van der Waals surface area contributed by atoms with Crippen LogP contribution in [-0.4, -0.2) is 31.4 Å². The normalized spacial score (nSPS) is 12.3. The van der Waals surface area contributed by atoms with Crippen molar-refractivity contribution in [3.8, 4) is 0 Å². The van der Waals surface area contributed by atoms with Gasteiger partial charge < -0.3 is 10.2 Å². The summed E-state index contributed by atoms with van der Waals surface area (Å²) in [7, 11) is 3.83. The summed E-state index contributed by atoms with van der Waals surface area (Å²) in [4.78, 5) is 14.2. The van der Waals surface area contributed by atoms with Crippen molar-refractivity contribution >= 4 is 33.4 Å². The number of carbonyl (C=O) groups is 1. The molecule has 0 aliphatic rings. The highest BCUT2D eigenvalue weighted by Gasteiger charge is 2.18. The van der Waals surface area contributed by atoms with Crippen molar-refractivity contribution in [1.82, 2.24) is 10.2 Å². The lowest BCUT2D eigenvalue weighted by Gasteiger charge is -2.26. The van der Waals surface area contributed by atoms with Crippen molar-refractivity contribution < 1.29 is 9.18 Å². The molecular formula is C17H17BrClFN2O. The zero-order valence-electron chi connectivity index (χ0n) is 12.8. The van der Waals surface area contributed by atoms with E-state index < -0.39 is 5.82 Å². The zero-order valence-corrected chi connectivity index (χ0v) is 15.2. The molecule has 0 saturated carbocycles. The van der Waals surface area contributed by atoms with Crippen molar-refractivity contribution in [3.63, 3.8) is 0 Å². The monoisotopic (exact) mass is 398 g/mol. The fourth-order valence-corrected chi connectivity index (χ4v) is 3.02. The standard InChI is InChI=1S/C17H17BrClFN2O/c1-22(2)16(14-5-3-4-6-15(14)19)10-21-17(23)11-7-12(18)9-13(20)8-11/h3-9,16H,10H2,1-2H3,(H,21,23). The smallest absolute Gasteiger partial charge is 0.251 e. The molecule has 0 aliphatic heterocycles. The average Bonchev–Trinajstić information content (AvgIpc) is 2.47. The van der Waals surface area contributed by atoms with Crippen LogP contribution in [-0.2, 0) is 0 Å². The van der Waals surface area contributed by atoms with E-state index in [2.05, 4.69) is 21.2 Å². The highest BCUT2D eigenvalue weighted by Crippen LogP contribution is 2.25. The summed E-state index contributed by atoms with van der Waals surface area (Å²) in [6, 6.07) is 11.5. The van der Waals surface area contributed by atoms with Gasteiger partial charge in [0.15, 0.2) is 0 Å². The van der Waals surface area contributed by atoms with Crippen LogP contribution in [0.5, 0.6) is 0 Å². The molecule has 0 bridgehead atoms. The number of hydrogen-bond donors (Lipinski definition) is 1. The van der Waals surface area contributed by atoms with Gasteiger partial charge in [-0.1, -0.05) is 45.7 Å². The SMILES string of the molecule is CN(C)C(CNC(=O)c1cc(F)cc(Br)c1)c1ccccc1Cl. The third kappa shape index (κ3) is 4.77. The summed E-state index contributed by atoms with van der Waals surface area (Å²) >= 11 is 9.43.